The van der Waals surface area contributed by atoms with Crippen LogP contribution < -0.4 is 10.2 Å². The first-order valence-corrected chi connectivity index (χ1v) is 8.07. The van der Waals surface area contributed by atoms with Gasteiger partial charge in [0.1, 0.15) is 0 Å². The van der Waals surface area contributed by atoms with Crippen LogP contribution in [0.1, 0.15) is 5.56 Å². The SMILES string of the molecule is O=C1CNC(=O)N1CCN1CCN(c2cccc(C(F)(F)F)c2)CC1. The Morgan fingerprint density at radius 3 is 2.36 bits per heavy atom. The third-order valence-corrected chi connectivity index (χ3v) is 4.49. The summed E-state index contributed by atoms with van der Waals surface area (Å²) in [5.41, 5.74) is -0.0884. The van der Waals surface area contributed by atoms with Crippen molar-refractivity contribution in [1.82, 2.24) is 15.1 Å². The van der Waals surface area contributed by atoms with Crippen molar-refractivity contribution >= 4 is 17.6 Å². The van der Waals surface area contributed by atoms with Gasteiger partial charge in [0.15, 0.2) is 0 Å². The maximum absolute atomic E-state index is 12.8. The number of nitrogens with one attached hydrogen (secondary N) is 1. The molecule has 2 aliphatic rings. The van der Waals surface area contributed by atoms with Gasteiger partial charge in [0.2, 0.25) is 5.91 Å². The van der Waals surface area contributed by atoms with E-state index in [1.165, 1.54) is 17.0 Å². The van der Waals surface area contributed by atoms with Gasteiger partial charge in [-0.2, -0.15) is 13.2 Å². The summed E-state index contributed by atoms with van der Waals surface area (Å²) in [6, 6.07) is 4.97. The molecule has 136 valence electrons. The fourth-order valence-corrected chi connectivity index (χ4v) is 3.03. The smallest absolute Gasteiger partial charge is 0.369 e. The first-order valence-electron chi connectivity index (χ1n) is 8.07. The highest BCUT2D eigenvalue weighted by molar-refractivity contribution is 6.01. The van der Waals surface area contributed by atoms with Crippen molar-refractivity contribution in [2.24, 2.45) is 0 Å². The molecule has 1 N–H and O–H groups in total. The van der Waals surface area contributed by atoms with E-state index < -0.39 is 11.7 Å². The van der Waals surface area contributed by atoms with Crippen molar-refractivity contribution < 1.29 is 22.8 Å². The molecule has 9 heteroatoms. The summed E-state index contributed by atoms with van der Waals surface area (Å²) in [5, 5.41) is 2.47. The molecule has 0 atom stereocenters. The molecule has 0 bridgehead atoms. The molecule has 3 rings (SSSR count). The Morgan fingerprint density at radius 2 is 1.76 bits per heavy atom. The van der Waals surface area contributed by atoms with E-state index in [2.05, 4.69) is 10.2 Å². The molecule has 3 amide bonds. The number of urea groups is 1. The number of rotatable bonds is 4. The molecule has 1 aromatic carbocycles. The number of anilines is 1. The Labute approximate surface area is 143 Å². The van der Waals surface area contributed by atoms with Crippen LogP contribution in [0.2, 0.25) is 0 Å². The van der Waals surface area contributed by atoms with Crippen LogP contribution in [-0.2, 0) is 11.0 Å². The highest BCUT2D eigenvalue weighted by Gasteiger charge is 2.31. The Kier molecular flexibility index (Phi) is 4.85. The molecule has 1 aromatic rings. The quantitative estimate of drug-likeness (QED) is 0.829. The lowest BCUT2D eigenvalue weighted by Crippen LogP contribution is -2.49. The second-order valence-electron chi connectivity index (χ2n) is 6.08. The van der Waals surface area contributed by atoms with E-state index >= 15 is 0 Å². The van der Waals surface area contributed by atoms with Crippen LogP contribution in [0.15, 0.2) is 24.3 Å². The van der Waals surface area contributed by atoms with Crippen molar-refractivity contribution in [1.29, 1.82) is 0 Å². The molecule has 0 saturated carbocycles. The van der Waals surface area contributed by atoms with Crippen molar-refractivity contribution in [3.8, 4) is 0 Å². The third kappa shape index (κ3) is 4.04. The lowest BCUT2D eigenvalue weighted by Gasteiger charge is -2.36. The molecule has 2 saturated heterocycles. The topological polar surface area (TPSA) is 55.9 Å². The number of nitrogens with zero attached hydrogens (tertiary/aromatic N) is 3. The van der Waals surface area contributed by atoms with Crippen LogP contribution in [-0.4, -0.2) is 67.6 Å². The standard InChI is InChI=1S/C16H19F3N4O2/c17-16(18,19)12-2-1-3-13(10-12)22-7-4-21(5-8-22)6-9-23-14(24)11-20-15(23)25/h1-3,10H,4-9,11H2,(H,20,25). The van der Waals surface area contributed by atoms with Gasteiger partial charge in [-0.3, -0.25) is 14.6 Å². The molecule has 2 aliphatic heterocycles. The normalized spacial score (nSPS) is 19.5. The molecule has 0 aliphatic carbocycles. The van der Waals surface area contributed by atoms with Gasteiger partial charge in [-0.1, -0.05) is 6.07 Å². The average Bonchev–Trinajstić information content (AvgIpc) is 2.91. The molecule has 25 heavy (non-hydrogen) atoms. The zero-order valence-corrected chi connectivity index (χ0v) is 13.6. The Morgan fingerprint density at radius 1 is 1.04 bits per heavy atom. The van der Waals surface area contributed by atoms with Crippen LogP contribution in [0.5, 0.6) is 0 Å². The Bertz CT molecular complexity index is 641. The van der Waals surface area contributed by atoms with E-state index in [1.807, 2.05) is 4.90 Å². The Hall–Kier alpha value is -2.29. The summed E-state index contributed by atoms with van der Waals surface area (Å²) in [6.45, 7) is 3.47. The lowest BCUT2D eigenvalue weighted by atomic mass is 10.1. The number of carbonyl (C=O) groups excluding carboxylic acids is 2. The van der Waals surface area contributed by atoms with Gasteiger partial charge >= 0.3 is 12.2 Å². The van der Waals surface area contributed by atoms with Crippen LogP contribution in [0, 0.1) is 0 Å². The second-order valence-corrected chi connectivity index (χ2v) is 6.08. The van der Waals surface area contributed by atoms with Gasteiger partial charge in [0.25, 0.3) is 0 Å². The largest absolute Gasteiger partial charge is 0.416 e. The van der Waals surface area contributed by atoms with E-state index in [4.69, 9.17) is 0 Å². The predicted molar refractivity (Wildman–Crippen MR) is 85.2 cm³/mol. The summed E-state index contributed by atoms with van der Waals surface area (Å²) in [4.78, 5) is 28.2. The van der Waals surface area contributed by atoms with Gasteiger partial charge in [-0.15, -0.1) is 0 Å². The monoisotopic (exact) mass is 356 g/mol. The third-order valence-electron chi connectivity index (χ3n) is 4.49. The summed E-state index contributed by atoms with van der Waals surface area (Å²) in [5.74, 6) is -0.229. The van der Waals surface area contributed by atoms with Crippen LogP contribution in [0.4, 0.5) is 23.7 Å². The fourth-order valence-electron chi connectivity index (χ4n) is 3.03. The highest BCUT2D eigenvalue weighted by atomic mass is 19.4. The number of hydrogen-bond donors (Lipinski definition) is 1. The molecule has 6 nitrogen and oxygen atoms in total. The zero-order chi connectivity index (χ0) is 18.0. The van der Waals surface area contributed by atoms with Crippen molar-refractivity contribution in [2.75, 3.05) is 50.7 Å². The van der Waals surface area contributed by atoms with Crippen LogP contribution >= 0.6 is 0 Å². The molecular weight excluding hydrogens is 337 g/mol. The van der Waals surface area contributed by atoms with Gasteiger partial charge < -0.3 is 10.2 Å². The van der Waals surface area contributed by atoms with Gasteiger partial charge in [-0.05, 0) is 18.2 Å². The Balaban J connectivity index is 1.52. The lowest BCUT2D eigenvalue weighted by molar-refractivity contribution is -0.137. The number of hydrogen-bond acceptors (Lipinski definition) is 4. The number of alkyl halides is 3. The maximum Gasteiger partial charge on any atom is 0.416 e. The van der Waals surface area contributed by atoms with Crippen LogP contribution in [0.25, 0.3) is 0 Å². The minimum absolute atomic E-state index is 0.0438. The van der Waals surface area contributed by atoms with Gasteiger partial charge in [-0.25, -0.2) is 4.79 Å². The minimum Gasteiger partial charge on any atom is -0.369 e. The summed E-state index contributed by atoms with van der Waals surface area (Å²) in [7, 11) is 0. The molecule has 0 aromatic heterocycles. The van der Waals surface area contributed by atoms with Crippen LogP contribution in [0.3, 0.4) is 0 Å². The molecule has 0 unspecified atom stereocenters. The van der Waals surface area contributed by atoms with Gasteiger partial charge in [0, 0.05) is 45.0 Å². The predicted octanol–water partition coefficient (Wildman–Crippen LogP) is 1.38. The van der Waals surface area contributed by atoms with Crippen molar-refractivity contribution in [2.45, 2.75) is 6.18 Å². The molecule has 2 fully saturated rings. The zero-order valence-electron chi connectivity index (χ0n) is 13.6. The summed E-state index contributed by atoms with van der Waals surface area (Å²) < 4.78 is 38.5. The number of amides is 3. The number of imide groups is 1. The number of piperazine rings is 1. The van der Waals surface area contributed by atoms with E-state index in [1.54, 1.807) is 6.07 Å². The highest BCUT2D eigenvalue weighted by Crippen LogP contribution is 2.31. The molecule has 2 heterocycles. The summed E-state index contributed by atoms with van der Waals surface area (Å²) in [6.07, 6.45) is -4.35. The van der Waals surface area contributed by atoms with Crippen molar-refractivity contribution in [3.05, 3.63) is 29.8 Å². The molecular formula is C16H19F3N4O2. The maximum atomic E-state index is 12.8. The average molecular weight is 356 g/mol. The van der Waals surface area contributed by atoms with E-state index in [0.29, 0.717) is 45.0 Å². The fraction of sp³-hybridized carbons (Fsp3) is 0.500. The first kappa shape index (κ1) is 17.5. The van der Waals surface area contributed by atoms with E-state index in [-0.39, 0.29) is 18.5 Å². The molecule has 0 spiro atoms. The molecule has 0 radical (unpaired) electrons. The number of benzene rings is 1. The minimum atomic E-state index is -4.35. The number of halogens is 3. The summed E-state index contributed by atoms with van der Waals surface area (Å²) >= 11 is 0. The first-order chi connectivity index (χ1) is 11.8. The van der Waals surface area contributed by atoms with Crippen molar-refractivity contribution in [3.63, 3.8) is 0 Å². The van der Waals surface area contributed by atoms with Gasteiger partial charge in [0.05, 0.1) is 12.1 Å². The second kappa shape index (κ2) is 6.91. The van der Waals surface area contributed by atoms with E-state index in [9.17, 15) is 22.8 Å². The number of carbonyl (C=O) groups is 2. The van der Waals surface area contributed by atoms with E-state index in [0.717, 1.165) is 6.07 Å².